The Balaban J connectivity index is 0.00000168. The SMILES string of the molecule is Cl.Oc1ccc2c(c1)C1(c3ccccc3)CCN(CC3CCC3)C(C2)C1. The van der Waals surface area contributed by atoms with Crippen LogP contribution in [-0.4, -0.2) is 29.1 Å². The molecule has 1 heterocycles. The van der Waals surface area contributed by atoms with Gasteiger partial charge in [0.25, 0.3) is 0 Å². The molecule has 138 valence electrons. The topological polar surface area (TPSA) is 23.5 Å². The number of piperidine rings is 1. The lowest BCUT2D eigenvalue weighted by Crippen LogP contribution is -2.54. The van der Waals surface area contributed by atoms with Gasteiger partial charge in [0.2, 0.25) is 0 Å². The third kappa shape index (κ3) is 2.84. The van der Waals surface area contributed by atoms with Crippen LogP contribution in [0, 0.1) is 5.92 Å². The highest BCUT2D eigenvalue weighted by molar-refractivity contribution is 5.85. The van der Waals surface area contributed by atoms with Gasteiger partial charge in [-0.2, -0.15) is 0 Å². The summed E-state index contributed by atoms with van der Waals surface area (Å²) in [6, 6.07) is 17.7. The lowest BCUT2D eigenvalue weighted by Gasteiger charge is -2.52. The number of likely N-dealkylation sites (tertiary alicyclic amines) is 1. The van der Waals surface area contributed by atoms with E-state index in [1.165, 1.54) is 55.5 Å². The molecule has 0 aromatic heterocycles. The van der Waals surface area contributed by atoms with Crippen molar-refractivity contribution < 1.29 is 5.11 Å². The third-order valence-electron chi connectivity index (χ3n) is 7.03. The molecule has 3 heteroatoms. The molecule has 1 aliphatic heterocycles. The molecule has 1 saturated heterocycles. The van der Waals surface area contributed by atoms with Gasteiger partial charge in [-0.3, -0.25) is 4.90 Å². The van der Waals surface area contributed by atoms with E-state index in [-0.39, 0.29) is 17.8 Å². The predicted octanol–water partition coefficient (Wildman–Crippen LogP) is 4.92. The van der Waals surface area contributed by atoms with Gasteiger partial charge in [0.15, 0.2) is 0 Å². The first-order valence-electron chi connectivity index (χ1n) is 9.86. The molecule has 5 rings (SSSR count). The maximum Gasteiger partial charge on any atom is 0.115 e. The summed E-state index contributed by atoms with van der Waals surface area (Å²) in [6.45, 7) is 2.48. The van der Waals surface area contributed by atoms with E-state index in [9.17, 15) is 5.11 Å². The van der Waals surface area contributed by atoms with Gasteiger partial charge in [-0.05, 0) is 73.4 Å². The lowest BCUT2D eigenvalue weighted by molar-refractivity contribution is 0.0644. The van der Waals surface area contributed by atoms with E-state index in [0.717, 1.165) is 18.8 Å². The number of hydrogen-bond donors (Lipinski definition) is 1. The molecule has 2 bridgehead atoms. The van der Waals surface area contributed by atoms with Crippen molar-refractivity contribution in [1.29, 1.82) is 0 Å². The first-order valence-corrected chi connectivity index (χ1v) is 9.86. The summed E-state index contributed by atoms with van der Waals surface area (Å²) < 4.78 is 0. The summed E-state index contributed by atoms with van der Waals surface area (Å²) in [5.41, 5.74) is 4.32. The Morgan fingerprint density at radius 3 is 2.62 bits per heavy atom. The second-order valence-electron chi connectivity index (χ2n) is 8.39. The van der Waals surface area contributed by atoms with E-state index in [2.05, 4.69) is 41.3 Å². The van der Waals surface area contributed by atoms with Gasteiger partial charge >= 0.3 is 0 Å². The Kier molecular flexibility index (Phi) is 4.75. The predicted molar refractivity (Wildman–Crippen MR) is 108 cm³/mol. The summed E-state index contributed by atoms with van der Waals surface area (Å²) in [4.78, 5) is 2.78. The van der Waals surface area contributed by atoms with E-state index in [4.69, 9.17) is 0 Å². The maximum atomic E-state index is 10.1. The van der Waals surface area contributed by atoms with Gasteiger partial charge in [-0.1, -0.05) is 42.8 Å². The van der Waals surface area contributed by atoms with Crippen molar-refractivity contribution >= 4 is 12.4 Å². The second kappa shape index (κ2) is 6.90. The first kappa shape index (κ1) is 17.9. The summed E-state index contributed by atoms with van der Waals surface area (Å²) >= 11 is 0. The van der Waals surface area contributed by atoms with E-state index in [0.29, 0.717) is 11.8 Å². The number of phenols is 1. The fourth-order valence-electron chi connectivity index (χ4n) is 5.46. The van der Waals surface area contributed by atoms with Crippen LogP contribution in [0.25, 0.3) is 0 Å². The highest BCUT2D eigenvalue weighted by Crippen LogP contribution is 2.50. The van der Waals surface area contributed by atoms with Crippen LogP contribution in [0.3, 0.4) is 0 Å². The quantitative estimate of drug-likeness (QED) is 0.829. The minimum Gasteiger partial charge on any atom is -0.508 e. The van der Waals surface area contributed by atoms with Crippen molar-refractivity contribution in [1.82, 2.24) is 4.90 Å². The zero-order valence-electron chi connectivity index (χ0n) is 15.2. The van der Waals surface area contributed by atoms with Crippen molar-refractivity contribution in [3.05, 3.63) is 65.2 Å². The van der Waals surface area contributed by atoms with Crippen LogP contribution in [0.5, 0.6) is 5.75 Å². The highest BCUT2D eigenvalue weighted by atomic mass is 35.5. The molecule has 2 aliphatic carbocycles. The van der Waals surface area contributed by atoms with Gasteiger partial charge in [0, 0.05) is 18.0 Å². The van der Waals surface area contributed by atoms with Crippen LogP contribution in [0.15, 0.2) is 48.5 Å². The Morgan fingerprint density at radius 1 is 1.08 bits per heavy atom. The average molecular weight is 370 g/mol. The van der Waals surface area contributed by atoms with E-state index < -0.39 is 0 Å². The van der Waals surface area contributed by atoms with Gasteiger partial charge in [0.05, 0.1) is 0 Å². The van der Waals surface area contributed by atoms with E-state index in [1.54, 1.807) is 0 Å². The molecule has 2 unspecified atom stereocenters. The van der Waals surface area contributed by atoms with Crippen molar-refractivity contribution in [3.63, 3.8) is 0 Å². The number of phenolic OH excluding ortho intramolecular Hbond substituents is 1. The van der Waals surface area contributed by atoms with Gasteiger partial charge in [-0.25, -0.2) is 0 Å². The number of fused-ring (bicyclic) bond motifs is 4. The molecule has 0 amide bonds. The number of benzene rings is 2. The smallest absolute Gasteiger partial charge is 0.115 e. The molecule has 0 spiro atoms. The summed E-state index contributed by atoms with van der Waals surface area (Å²) in [5.74, 6) is 1.34. The zero-order valence-corrected chi connectivity index (χ0v) is 16.0. The minimum atomic E-state index is 0. The third-order valence-corrected chi connectivity index (χ3v) is 7.03. The van der Waals surface area contributed by atoms with Crippen LogP contribution < -0.4 is 0 Å². The summed E-state index contributed by atoms with van der Waals surface area (Å²) in [5, 5.41) is 10.1. The Hall–Kier alpha value is -1.51. The molecule has 3 aliphatic rings. The molecule has 26 heavy (non-hydrogen) atoms. The van der Waals surface area contributed by atoms with E-state index >= 15 is 0 Å². The van der Waals surface area contributed by atoms with E-state index in [1.807, 2.05) is 12.1 Å². The number of aromatic hydroxyl groups is 1. The normalized spacial score (nSPS) is 27.9. The van der Waals surface area contributed by atoms with Crippen molar-refractivity contribution in [3.8, 4) is 5.75 Å². The van der Waals surface area contributed by atoms with Gasteiger partial charge < -0.3 is 5.11 Å². The molecule has 0 radical (unpaired) electrons. The minimum absolute atomic E-state index is 0. The Labute approximate surface area is 162 Å². The lowest BCUT2D eigenvalue weighted by atomic mass is 9.60. The Bertz CT molecular complexity index is 773. The van der Waals surface area contributed by atoms with Gasteiger partial charge in [0.1, 0.15) is 5.75 Å². The number of nitrogens with zero attached hydrogens (tertiary/aromatic N) is 1. The fraction of sp³-hybridized carbons (Fsp3) is 0.478. The summed E-state index contributed by atoms with van der Waals surface area (Å²) in [7, 11) is 0. The standard InChI is InChI=1S/C23H27NO.ClH/c25-21-10-9-18-13-20-15-23(22(18)14-21,19-7-2-1-3-8-19)11-12-24(20)16-17-5-4-6-17;/h1-3,7-10,14,17,20,25H,4-6,11-13,15-16H2;1H. The van der Waals surface area contributed by atoms with Crippen LogP contribution in [-0.2, 0) is 11.8 Å². The first-order chi connectivity index (χ1) is 12.2. The molecule has 2 aromatic rings. The van der Waals surface area contributed by atoms with Crippen LogP contribution in [0.4, 0.5) is 0 Å². The highest BCUT2D eigenvalue weighted by Gasteiger charge is 2.47. The van der Waals surface area contributed by atoms with Crippen molar-refractivity contribution in [2.45, 2.75) is 50.0 Å². The zero-order chi connectivity index (χ0) is 16.9. The molecule has 2 atom stereocenters. The van der Waals surface area contributed by atoms with Crippen molar-refractivity contribution in [2.75, 3.05) is 13.1 Å². The van der Waals surface area contributed by atoms with Gasteiger partial charge in [-0.15, -0.1) is 12.4 Å². The largest absolute Gasteiger partial charge is 0.508 e. The molecule has 1 saturated carbocycles. The van der Waals surface area contributed by atoms with Crippen LogP contribution in [0.1, 0.15) is 48.8 Å². The molecule has 2 aromatic carbocycles. The monoisotopic (exact) mass is 369 g/mol. The average Bonchev–Trinajstić information content (AvgIpc) is 2.61. The molecule has 2 fully saturated rings. The maximum absolute atomic E-state index is 10.1. The van der Waals surface area contributed by atoms with Crippen LogP contribution >= 0.6 is 12.4 Å². The Morgan fingerprint density at radius 2 is 1.88 bits per heavy atom. The second-order valence-corrected chi connectivity index (χ2v) is 8.39. The molecular weight excluding hydrogens is 342 g/mol. The molecule has 1 N–H and O–H groups in total. The molecular formula is C23H28ClNO. The number of halogens is 1. The number of hydrogen-bond acceptors (Lipinski definition) is 2. The molecule has 2 nitrogen and oxygen atoms in total. The van der Waals surface area contributed by atoms with Crippen LogP contribution in [0.2, 0.25) is 0 Å². The number of rotatable bonds is 3. The van der Waals surface area contributed by atoms with Crippen molar-refractivity contribution in [2.24, 2.45) is 5.92 Å². The fourth-order valence-corrected chi connectivity index (χ4v) is 5.46. The summed E-state index contributed by atoms with van der Waals surface area (Å²) in [6.07, 6.45) is 7.78.